The molecule has 0 N–H and O–H groups in total. The van der Waals surface area contributed by atoms with Crippen LogP contribution in [-0.2, 0) is 4.79 Å². The van der Waals surface area contributed by atoms with E-state index in [-0.39, 0.29) is 54.8 Å². The minimum absolute atomic E-state index is 0.0669. The van der Waals surface area contributed by atoms with Crippen molar-refractivity contribution in [3.8, 4) is 0 Å². The quantitative estimate of drug-likeness (QED) is 0.700. The lowest BCUT2D eigenvalue weighted by Gasteiger charge is -2.38. The molecule has 1 spiro atoms. The Labute approximate surface area is 172 Å². The van der Waals surface area contributed by atoms with Crippen molar-refractivity contribution >= 4 is 17.4 Å². The molecular formula is C22H22F3N3O2. The molecule has 2 aromatic rings. The molecule has 30 heavy (non-hydrogen) atoms. The standard InChI is InChI=1S/C22H22F3N3O2/c1-13-26-4-2-19(27-13)20(29)7-14-6-17(25)12-22(11-14)3-5-28(21(22)30)18-9-15(23)8-16(24)10-18/h2,4,8-10,14,17H,3,5-7,11-12H2,1H3/t14-,17+,22+/m0/s1. The normalized spacial score (nSPS) is 26.4. The molecular weight excluding hydrogens is 395 g/mol. The number of carbonyl (C=O) groups excluding carboxylic acids is 2. The Morgan fingerprint density at radius 2 is 1.97 bits per heavy atom. The third-order valence-electron chi connectivity index (χ3n) is 6.09. The zero-order valence-corrected chi connectivity index (χ0v) is 16.6. The van der Waals surface area contributed by atoms with Gasteiger partial charge in [-0.3, -0.25) is 9.59 Å². The van der Waals surface area contributed by atoms with Crippen LogP contribution in [0, 0.1) is 29.9 Å². The maximum atomic E-state index is 14.7. The molecule has 3 atom stereocenters. The SMILES string of the molecule is Cc1nccc(C(=O)C[C@@H]2C[C@@H](F)C[C@@]3(CCN(c4cc(F)cc(F)c4)C3=O)C2)n1. The summed E-state index contributed by atoms with van der Waals surface area (Å²) in [5.74, 6) is -1.89. The first-order valence-electron chi connectivity index (χ1n) is 10.0. The average molecular weight is 417 g/mol. The van der Waals surface area contributed by atoms with Gasteiger partial charge in [0.05, 0.1) is 5.41 Å². The van der Waals surface area contributed by atoms with Gasteiger partial charge in [-0.05, 0) is 56.7 Å². The fourth-order valence-electron chi connectivity index (χ4n) is 4.86. The fourth-order valence-corrected chi connectivity index (χ4v) is 4.86. The topological polar surface area (TPSA) is 63.2 Å². The van der Waals surface area contributed by atoms with Crippen LogP contribution in [0.5, 0.6) is 0 Å². The van der Waals surface area contributed by atoms with E-state index in [1.54, 1.807) is 6.92 Å². The third-order valence-corrected chi connectivity index (χ3v) is 6.09. The molecule has 2 fully saturated rings. The second kappa shape index (κ2) is 7.81. The van der Waals surface area contributed by atoms with E-state index in [2.05, 4.69) is 9.97 Å². The monoisotopic (exact) mass is 417 g/mol. The molecule has 1 saturated heterocycles. The van der Waals surface area contributed by atoms with Crippen molar-refractivity contribution < 1.29 is 22.8 Å². The van der Waals surface area contributed by atoms with Gasteiger partial charge < -0.3 is 4.90 Å². The first kappa shape index (κ1) is 20.5. The van der Waals surface area contributed by atoms with Crippen LogP contribution >= 0.6 is 0 Å². The van der Waals surface area contributed by atoms with Gasteiger partial charge in [-0.25, -0.2) is 23.1 Å². The number of Topliss-reactive ketones (excluding diaryl/α,β-unsaturated/α-hetero) is 1. The van der Waals surface area contributed by atoms with Crippen molar-refractivity contribution in [2.75, 3.05) is 11.4 Å². The largest absolute Gasteiger partial charge is 0.312 e. The van der Waals surface area contributed by atoms with Gasteiger partial charge in [-0.2, -0.15) is 0 Å². The van der Waals surface area contributed by atoms with Gasteiger partial charge in [0.25, 0.3) is 0 Å². The van der Waals surface area contributed by atoms with Gasteiger partial charge in [0.1, 0.15) is 29.3 Å². The summed E-state index contributed by atoms with van der Waals surface area (Å²) in [5, 5.41) is 0. The highest BCUT2D eigenvalue weighted by Crippen LogP contribution is 2.49. The number of nitrogens with zero attached hydrogens (tertiary/aromatic N) is 3. The Morgan fingerprint density at radius 1 is 1.23 bits per heavy atom. The Balaban J connectivity index is 1.52. The zero-order valence-electron chi connectivity index (χ0n) is 16.6. The van der Waals surface area contributed by atoms with Crippen LogP contribution in [0.25, 0.3) is 0 Å². The molecule has 0 bridgehead atoms. The van der Waals surface area contributed by atoms with Gasteiger partial charge in [-0.15, -0.1) is 0 Å². The van der Waals surface area contributed by atoms with Crippen molar-refractivity contribution in [2.24, 2.45) is 11.3 Å². The molecule has 1 aliphatic heterocycles. The molecule has 5 nitrogen and oxygen atoms in total. The van der Waals surface area contributed by atoms with Crippen molar-refractivity contribution in [3.63, 3.8) is 0 Å². The number of rotatable bonds is 4. The number of aromatic nitrogens is 2. The lowest BCUT2D eigenvalue weighted by Crippen LogP contribution is -2.42. The van der Waals surface area contributed by atoms with E-state index < -0.39 is 23.2 Å². The Kier molecular flexibility index (Phi) is 5.34. The number of carbonyl (C=O) groups is 2. The van der Waals surface area contributed by atoms with Gasteiger partial charge >= 0.3 is 0 Å². The van der Waals surface area contributed by atoms with E-state index in [0.717, 1.165) is 18.2 Å². The van der Waals surface area contributed by atoms with Crippen LogP contribution in [-0.4, -0.2) is 34.4 Å². The number of amides is 1. The molecule has 8 heteroatoms. The van der Waals surface area contributed by atoms with E-state index >= 15 is 0 Å². The van der Waals surface area contributed by atoms with Crippen LogP contribution < -0.4 is 4.90 Å². The van der Waals surface area contributed by atoms with Crippen LogP contribution in [0.3, 0.4) is 0 Å². The lowest BCUT2D eigenvalue weighted by atomic mass is 9.66. The predicted octanol–water partition coefficient (Wildman–Crippen LogP) is 4.20. The number of hydrogen-bond acceptors (Lipinski definition) is 4. The van der Waals surface area contributed by atoms with Crippen LogP contribution in [0.15, 0.2) is 30.5 Å². The summed E-state index contributed by atoms with van der Waals surface area (Å²) in [6.45, 7) is 1.95. The molecule has 158 valence electrons. The Hall–Kier alpha value is -2.77. The van der Waals surface area contributed by atoms with E-state index in [1.807, 2.05) is 0 Å². The summed E-state index contributed by atoms with van der Waals surface area (Å²) in [6.07, 6.45) is 1.43. The molecule has 1 aromatic heterocycles. The predicted molar refractivity (Wildman–Crippen MR) is 104 cm³/mol. The Bertz CT molecular complexity index is 979. The van der Waals surface area contributed by atoms with E-state index in [4.69, 9.17) is 0 Å². The number of aryl methyl sites for hydroxylation is 1. The van der Waals surface area contributed by atoms with Gasteiger partial charge in [0.2, 0.25) is 5.91 Å². The molecule has 1 saturated carbocycles. The molecule has 2 heterocycles. The minimum atomic E-state index is -1.21. The smallest absolute Gasteiger partial charge is 0.233 e. The van der Waals surface area contributed by atoms with Crippen molar-refractivity contribution in [1.82, 2.24) is 9.97 Å². The van der Waals surface area contributed by atoms with Crippen LogP contribution in [0.4, 0.5) is 18.9 Å². The van der Waals surface area contributed by atoms with Gasteiger partial charge in [0.15, 0.2) is 5.78 Å². The summed E-state index contributed by atoms with van der Waals surface area (Å²) >= 11 is 0. The number of ketones is 1. The molecule has 0 unspecified atom stereocenters. The van der Waals surface area contributed by atoms with E-state index in [0.29, 0.717) is 18.7 Å². The molecule has 4 rings (SSSR count). The van der Waals surface area contributed by atoms with E-state index in [1.165, 1.54) is 17.2 Å². The molecule has 2 aliphatic rings. The summed E-state index contributed by atoms with van der Waals surface area (Å²) in [7, 11) is 0. The Morgan fingerprint density at radius 3 is 2.67 bits per heavy atom. The fraction of sp³-hybridized carbons (Fsp3) is 0.455. The number of halogens is 3. The number of benzene rings is 1. The van der Waals surface area contributed by atoms with Crippen molar-refractivity contribution in [3.05, 3.63) is 53.6 Å². The first-order valence-corrected chi connectivity index (χ1v) is 10.0. The molecule has 1 aromatic carbocycles. The average Bonchev–Trinajstić information content (AvgIpc) is 2.96. The molecule has 0 radical (unpaired) electrons. The number of anilines is 1. The van der Waals surface area contributed by atoms with Gasteiger partial charge in [-0.1, -0.05) is 0 Å². The highest BCUT2D eigenvalue weighted by molar-refractivity contribution is 6.00. The lowest BCUT2D eigenvalue weighted by molar-refractivity contribution is -0.129. The zero-order chi connectivity index (χ0) is 21.5. The second-order valence-corrected chi connectivity index (χ2v) is 8.34. The van der Waals surface area contributed by atoms with Crippen molar-refractivity contribution in [1.29, 1.82) is 0 Å². The molecule has 1 amide bonds. The van der Waals surface area contributed by atoms with Crippen LogP contribution in [0.1, 0.15) is 48.4 Å². The van der Waals surface area contributed by atoms with Gasteiger partial charge in [0, 0.05) is 30.9 Å². The highest BCUT2D eigenvalue weighted by atomic mass is 19.1. The highest BCUT2D eigenvalue weighted by Gasteiger charge is 2.52. The number of alkyl halides is 1. The summed E-state index contributed by atoms with van der Waals surface area (Å²) < 4.78 is 41.9. The van der Waals surface area contributed by atoms with E-state index in [9.17, 15) is 22.8 Å². The summed E-state index contributed by atoms with van der Waals surface area (Å²) in [6, 6.07) is 4.48. The maximum Gasteiger partial charge on any atom is 0.233 e. The second-order valence-electron chi connectivity index (χ2n) is 8.34. The molecule has 1 aliphatic carbocycles. The maximum absolute atomic E-state index is 14.7. The number of hydrogen-bond donors (Lipinski definition) is 0. The van der Waals surface area contributed by atoms with Crippen molar-refractivity contribution in [2.45, 2.75) is 45.2 Å². The third kappa shape index (κ3) is 3.95. The van der Waals surface area contributed by atoms with Crippen LogP contribution in [0.2, 0.25) is 0 Å². The summed E-state index contributed by atoms with van der Waals surface area (Å²) in [5.41, 5.74) is -0.529. The first-order chi connectivity index (χ1) is 14.3. The minimum Gasteiger partial charge on any atom is -0.312 e. The summed E-state index contributed by atoms with van der Waals surface area (Å²) in [4.78, 5) is 35.3.